The van der Waals surface area contributed by atoms with Gasteiger partial charge in [0, 0.05) is 17.6 Å². The molecule has 0 unspecified atom stereocenters. The van der Waals surface area contributed by atoms with Crippen molar-refractivity contribution in [1.29, 1.82) is 0 Å². The van der Waals surface area contributed by atoms with Crippen molar-refractivity contribution >= 4 is 28.0 Å². The summed E-state index contributed by atoms with van der Waals surface area (Å²) in [6, 6.07) is 12.7. The average Bonchev–Trinajstić information content (AvgIpc) is 3.14. The van der Waals surface area contributed by atoms with E-state index in [2.05, 4.69) is 15.4 Å². The molecule has 6 nitrogen and oxygen atoms in total. The molecule has 0 atom stereocenters. The van der Waals surface area contributed by atoms with E-state index < -0.39 is 23.4 Å². The van der Waals surface area contributed by atoms with E-state index in [0.29, 0.717) is 27.8 Å². The monoisotopic (exact) mass is 476 g/mol. The number of rotatable bonds is 5. The highest BCUT2D eigenvalue weighted by Crippen LogP contribution is 2.27. The number of nitrogens with one attached hydrogen (secondary N) is 1. The fraction of sp³-hybridized carbons (Fsp3) is 0.115. The number of aromatic nitrogens is 3. The molecular weight excluding hydrogens is 457 g/mol. The first-order valence-electron chi connectivity index (χ1n) is 10.7. The van der Waals surface area contributed by atoms with Gasteiger partial charge in [-0.05, 0) is 61.9 Å². The zero-order valence-corrected chi connectivity index (χ0v) is 18.8. The van der Waals surface area contributed by atoms with Crippen LogP contribution >= 0.6 is 0 Å². The number of aryl methyl sites for hydroxylation is 2. The summed E-state index contributed by atoms with van der Waals surface area (Å²) in [5.74, 6) is -2.11. The highest BCUT2D eigenvalue weighted by atomic mass is 19.1. The van der Waals surface area contributed by atoms with Crippen molar-refractivity contribution in [2.75, 3.05) is 5.32 Å². The van der Waals surface area contributed by atoms with Gasteiger partial charge in [0.25, 0.3) is 5.91 Å². The lowest BCUT2D eigenvalue weighted by molar-refractivity contribution is 0.102. The maximum atomic E-state index is 14.0. The molecular formula is C26H19F3N4O2. The van der Waals surface area contributed by atoms with Gasteiger partial charge in [-0.3, -0.25) is 9.78 Å². The number of carbonyl (C=O) groups excluding carboxylic acids is 1. The zero-order chi connectivity index (χ0) is 24.7. The molecule has 0 radical (unpaired) electrons. The number of benzene rings is 2. The summed E-state index contributed by atoms with van der Waals surface area (Å²) in [5.41, 5.74) is 2.64. The first-order valence-corrected chi connectivity index (χ1v) is 10.7. The predicted molar refractivity (Wildman–Crippen MR) is 125 cm³/mol. The number of nitrogens with zero attached hydrogens (tertiary/aromatic N) is 3. The first kappa shape index (κ1) is 22.4. The Morgan fingerprint density at radius 3 is 2.57 bits per heavy atom. The third kappa shape index (κ3) is 4.16. The molecule has 0 saturated heterocycles. The van der Waals surface area contributed by atoms with Gasteiger partial charge in [-0.25, -0.2) is 13.2 Å². The topological polar surface area (TPSA) is 68.5 Å². The van der Waals surface area contributed by atoms with Crippen LogP contribution in [-0.4, -0.2) is 20.5 Å². The number of fused-ring (bicyclic) bond motifs is 2. The van der Waals surface area contributed by atoms with Gasteiger partial charge < -0.3 is 10.1 Å². The Morgan fingerprint density at radius 1 is 1.03 bits per heavy atom. The Hall–Kier alpha value is -4.40. The lowest BCUT2D eigenvalue weighted by atomic mass is 10.1. The van der Waals surface area contributed by atoms with Crippen molar-refractivity contribution in [3.05, 3.63) is 101 Å². The number of carbonyl (C=O) groups is 1. The molecule has 0 fully saturated rings. The normalized spacial score (nSPS) is 11.2. The fourth-order valence-corrected chi connectivity index (χ4v) is 3.97. The standard InChI is InChI=1S/C26H19F3N4O2/c1-14-10-23-25(26(34)31-22-8-9-30-21-7-6-16(27)12-17(21)22)15(2)32-33(23)24(11-14)35-13-18-19(28)4-3-5-20(18)29/h3-12H,13H2,1-2H3,(H,30,31,34). The van der Waals surface area contributed by atoms with Crippen molar-refractivity contribution in [1.82, 2.24) is 14.6 Å². The fourth-order valence-electron chi connectivity index (χ4n) is 3.97. The Balaban J connectivity index is 1.51. The number of amides is 1. The van der Waals surface area contributed by atoms with Crippen LogP contribution < -0.4 is 10.1 Å². The summed E-state index contributed by atoms with van der Waals surface area (Å²) < 4.78 is 49.0. The van der Waals surface area contributed by atoms with Crippen LogP contribution in [-0.2, 0) is 6.61 Å². The molecule has 0 aliphatic heterocycles. The molecule has 5 rings (SSSR count). The number of hydrogen-bond acceptors (Lipinski definition) is 4. The maximum Gasteiger partial charge on any atom is 0.259 e. The van der Waals surface area contributed by atoms with Gasteiger partial charge in [-0.1, -0.05) is 6.07 Å². The number of pyridine rings is 2. The van der Waals surface area contributed by atoms with Crippen LogP contribution in [0.15, 0.2) is 60.8 Å². The zero-order valence-electron chi connectivity index (χ0n) is 18.8. The van der Waals surface area contributed by atoms with Gasteiger partial charge in [0.05, 0.1) is 33.5 Å². The van der Waals surface area contributed by atoms with Crippen LogP contribution in [0.3, 0.4) is 0 Å². The smallest absolute Gasteiger partial charge is 0.259 e. The quantitative estimate of drug-likeness (QED) is 0.351. The van der Waals surface area contributed by atoms with Gasteiger partial charge >= 0.3 is 0 Å². The van der Waals surface area contributed by atoms with E-state index >= 15 is 0 Å². The first-order chi connectivity index (χ1) is 16.8. The van der Waals surface area contributed by atoms with Crippen molar-refractivity contribution < 1.29 is 22.7 Å². The van der Waals surface area contributed by atoms with Crippen LogP contribution in [0.2, 0.25) is 0 Å². The molecule has 5 aromatic rings. The molecule has 1 N–H and O–H groups in total. The minimum atomic E-state index is -0.716. The largest absolute Gasteiger partial charge is 0.473 e. The van der Waals surface area contributed by atoms with E-state index in [4.69, 9.17) is 4.74 Å². The van der Waals surface area contributed by atoms with Crippen molar-refractivity contribution in [3.8, 4) is 5.88 Å². The van der Waals surface area contributed by atoms with Gasteiger partial charge in [0.2, 0.25) is 5.88 Å². The van der Waals surface area contributed by atoms with Gasteiger partial charge in [0.1, 0.15) is 24.1 Å². The summed E-state index contributed by atoms with van der Waals surface area (Å²) >= 11 is 0. The van der Waals surface area contributed by atoms with Crippen LogP contribution in [0.5, 0.6) is 5.88 Å². The van der Waals surface area contributed by atoms with E-state index in [9.17, 15) is 18.0 Å². The van der Waals surface area contributed by atoms with E-state index in [1.165, 1.54) is 35.0 Å². The van der Waals surface area contributed by atoms with E-state index in [1.807, 2.05) is 0 Å². The van der Waals surface area contributed by atoms with E-state index in [-0.39, 0.29) is 23.6 Å². The number of hydrogen-bond donors (Lipinski definition) is 1. The summed E-state index contributed by atoms with van der Waals surface area (Å²) in [7, 11) is 0. The predicted octanol–water partition coefficient (Wildman–Crippen LogP) is 5.75. The summed E-state index contributed by atoms with van der Waals surface area (Å²) in [6.45, 7) is 3.12. The number of halogens is 3. The molecule has 176 valence electrons. The second kappa shape index (κ2) is 8.75. The summed E-state index contributed by atoms with van der Waals surface area (Å²) in [6.07, 6.45) is 1.52. The Labute approximate surface area is 198 Å². The molecule has 0 aliphatic rings. The van der Waals surface area contributed by atoms with Gasteiger partial charge in [0.15, 0.2) is 0 Å². The van der Waals surface area contributed by atoms with Gasteiger partial charge in [-0.15, -0.1) is 0 Å². The molecule has 0 spiro atoms. The lowest BCUT2D eigenvalue weighted by Crippen LogP contribution is -2.13. The van der Waals surface area contributed by atoms with Crippen molar-refractivity contribution in [2.45, 2.75) is 20.5 Å². The minimum absolute atomic E-state index is 0.208. The minimum Gasteiger partial charge on any atom is -0.473 e. The van der Waals surface area contributed by atoms with Crippen LogP contribution in [0, 0.1) is 31.3 Å². The second-order valence-electron chi connectivity index (χ2n) is 8.09. The van der Waals surface area contributed by atoms with Crippen LogP contribution in [0.1, 0.15) is 27.2 Å². The molecule has 0 saturated carbocycles. The number of ether oxygens (including phenoxy) is 1. The SMILES string of the molecule is Cc1cc(OCc2c(F)cccc2F)n2nc(C)c(C(=O)Nc3ccnc4ccc(F)cc34)c2c1. The molecule has 0 bridgehead atoms. The van der Waals surface area contributed by atoms with Gasteiger partial charge in [-0.2, -0.15) is 9.61 Å². The molecule has 3 heterocycles. The Morgan fingerprint density at radius 2 is 1.80 bits per heavy atom. The average molecular weight is 476 g/mol. The van der Waals surface area contributed by atoms with Crippen molar-refractivity contribution in [3.63, 3.8) is 0 Å². The molecule has 3 aromatic heterocycles. The molecule has 9 heteroatoms. The molecule has 2 aromatic carbocycles. The van der Waals surface area contributed by atoms with E-state index in [1.54, 1.807) is 32.0 Å². The Kier molecular flexibility index (Phi) is 5.60. The third-order valence-electron chi connectivity index (χ3n) is 5.63. The van der Waals surface area contributed by atoms with E-state index in [0.717, 1.165) is 17.7 Å². The second-order valence-corrected chi connectivity index (χ2v) is 8.09. The molecule has 1 amide bonds. The van der Waals surface area contributed by atoms with Crippen molar-refractivity contribution in [2.24, 2.45) is 0 Å². The van der Waals surface area contributed by atoms with Crippen LogP contribution in [0.4, 0.5) is 18.9 Å². The third-order valence-corrected chi connectivity index (χ3v) is 5.63. The van der Waals surface area contributed by atoms with Crippen LogP contribution in [0.25, 0.3) is 16.4 Å². The molecule has 35 heavy (non-hydrogen) atoms. The summed E-state index contributed by atoms with van der Waals surface area (Å²) in [4.78, 5) is 17.5. The summed E-state index contributed by atoms with van der Waals surface area (Å²) in [5, 5.41) is 7.70. The highest BCUT2D eigenvalue weighted by molar-refractivity contribution is 6.12. The Bertz CT molecular complexity index is 1590. The highest BCUT2D eigenvalue weighted by Gasteiger charge is 2.21. The maximum absolute atomic E-state index is 14.0. The molecule has 0 aliphatic carbocycles. The lowest BCUT2D eigenvalue weighted by Gasteiger charge is -2.11. The number of anilines is 1.